The number of rotatable bonds is 6. The molecule has 0 aliphatic carbocycles. The molecule has 1 aromatic carbocycles. The largest absolute Gasteiger partial charge is 0.375 e. The van der Waals surface area contributed by atoms with Gasteiger partial charge in [-0.2, -0.15) is 0 Å². The fraction of sp³-hybridized carbons (Fsp3) is 0.533. The standard InChI is InChI=1S/C15H25N3O/c1-5-16-15(18-12(2)3)17-11-14(19-4)13-9-7-6-8-10-13/h6-10,12,14H,5,11H2,1-4H3,(H2,16,17,18). The minimum Gasteiger partial charge on any atom is -0.375 e. The van der Waals surface area contributed by atoms with E-state index in [0.29, 0.717) is 12.6 Å². The SMILES string of the molecule is CCNC(=NCC(OC)c1ccccc1)NC(C)C. The van der Waals surface area contributed by atoms with Gasteiger partial charge in [0.2, 0.25) is 0 Å². The lowest BCUT2D eigenvalue weighted by atomic mass is 10.1. The Morgan fingerprint density at radius 3 is 2.47 bits per heavy atom. The molecule has 0 amide bonds. The van der Waals surface area contributed by atoms with E-state index < -0.39 is 0 Å². The molecule has 1 aromatic rings. The molecule has 0 spiro atoms. The highest BCUT2D eigenvalue weighted by Gasteiger charge is 2.09. The summed E-state index contributed by atoms with van der Waals surface area (Å²) >= 11 is 0. The number of guanidine groups is 1. The Bertz CT molecular complexity index is 376. The zero-order valence-corrected chi connectivity index (χ0v) is 12.3. The Morgan fingerprint density at radius 2 is 1.95 bits per heavy atom. The number of benzene rings is 1. The number of nitrogens with one attached hydrogen (secondary N) is 2. The molecule has 0 heterocycles. The van der Waals surface area contributed by atoms with Gasteiger partial charge in [-0.3, -0.25) is 4.99 Å². The van der Waals surface area contributed by atoms with Crippen LogP contribution in [-0.4, -0.2) is 32.2 Å². The van der Waals surface area contributed by atoms with Crippen molar-refractivity contribution in [1.29, 1.82) is 0 Å². The van der Waals surface area contributed by atoms with Gasteiger partial charge in [-0.1, -0.05) is 30.3 Å². The lowest BCUT2D eigenvalue weighted by molar-refractivity contribution is 0.111. The molecular formula is C15H25N3O. The Hall–Kier alpha value is -1.55. The Balaban J connectivity index is 2.68. The third-order valence-corrected chi connectivity index (χ3v) is 2.64. The van der Waals surface area contributed by atoms with Gasteiger partial charge in [0.1, 0.15) is 6.10 Å². The van der Waals surface area contributed by atoms with Crippen LogP contribution in [0.2, 0.25) is 0 Å². The first-order valence-corrected chi connectivity index (χ1v) is 6.80. The topological polar surface area (TPSA) is 45.7 Å². The molecule has 4 nitrogen and oxygen atoms in total. The van der Waals surface area contributed by atoms with Crippen molar-refractivity contribution in [1.82, 2.24) is 10.6 Å². The highest BCUT2D eigenvalue weighted by molar-refractivity contribution is 5.80. The van der Waals surface area contributed by atoms with Crippen LogP contribution in [-0.2, 0) is 4.74 Å². The van der Waals surface area contributed by atoms with Crippen molar-refractivity contribution >= 4 is 5.96 Å². The number of ether oxygens (including phenoxy) is 1. The van der Waals surface area contributed by atoms with Gasteiger partial charge >= 0.3 is 0 Å². The lowest BCUT2D eigenvalue weighted by Crippen LogP contribution is -2.41. The fourth-order valence-electron chi connectivity index (χ4n) is 1.75. The molecule has 0 saturated carbocycles. The van der Waals surface area contributed by atoms with E-state index >= 15 is 0 Å². The van der Waals surface area contributed by atoms with E-state index in [0.717, 1.165) is 18.1 Å². The number of aliphatic imine (C=N–C) groups is 1. The molecule has 1 atom stereocenters. The number of hydrogen-bond donors (Lipinski definition) is 2. The van der Waals surface area contributed by atoms with Crippen LogP contribution >= 0.6 is 0 Å². The third-order valence-electron chi connectivity index (χ3n) is 2.64. The Morgan fingerprint density at radius 1 is 1.26 bits per heavy atom. The van der Waals surface area contributed by atoms with Crippen LogP contribution in [0.1, 0.15) is 32.4 Å². The van der Waals surface area contributed by atoms with Crippen molar-refractivity contribution < 1.29 is 4.74 Å². The van der Waals surface area contributed by atoms with Crippen LogP contribution in [0.5, 0.6) is 0 Å². The fourth-order valence-corrected chi connectivity index (χ4v) is 1.75. The molecule has 0 aliphatic heterocycles. The molecule has 0 aliphatic rings. The van der Waals surface area contributed by atoms with Crippen molar-refractivity contribution in [3.8, 4) is 0 Å². The van der Waals surface area contributed by atoms with Gasteiger partial charge in [-0.15, -0.1) is 0 Å². The molecule has 1 unspecified atom stereocenters. The van der Waals surface area contributed by atoms with Crippen LogP contribution < -0.4 is 10.6 Å². The molecule has 4 heteroatoms. The van der Waals surface area contributed by atoms with Gasteiger partial charge in [0.25, 0.3) is 0 Å². The first-order chi connectivity index (χ1) is 9.17. The monoisotopic (exact) mass is 263 g/mol. The second-order valence-corrected chi connectivity index (χ2v) is 4.65. The first kappa shape index (κ1) is 15.5. The number of hydrogen-bond acceptors (Lipinski definition) is 2. The minimum absolute atomic E-state index is 0.0104. The highest BCUT2D eigenvalue weighted by atomic mass is 16.5. The smallest absolute Gasteiger partial charge is 0.191 e. The molecule has 19 heavy (non-hydrogen) atoms. The first-order valence-electron chi connectivity index (χ1n) is 6.80. The van der Waals surface area contributed by atoms with E-state index in [1.54, 1.807) is 7.11 Å². The van der Waals surface area contributed by atoms with Gasteiger partial charge in [-0.05, 0) is 26.3 Å². The van der Waals surface area contributed by atoms with Gasteiger partial charge in [-0.25, -0.2) is 0 Å². The van der Waals surface area contributed by atoms with Crippen LogP contribution in [0, 0.1) is 0 Å². The van der Waals surface area contributed by atoms with Crippen LogP contribution in [0.3, 0.4) is 0 Å². The molecular weight excluding hydrogens is 238 g/mol. The number of nitrogens with zero attached hydrogens (tertiary/aromatic N) is 1. The maximum atomic E-state index is 5.51. The summed E-state index contributed by atoms with van der Waals surface area (Å²) in [4.78, 5) is 4.57. The molecule has 1 rings (SSSR count). The summed E-state index contributed by atoms with van der Waals surface area (Å²) in [5, 5.41) is 6.52. The van der Waals surface area contributed by atoms with Crippen molar-refractivity contribution in [3.63, 3.8) is 0 Å². The van der Waals surface area contributed by atoms with Crippen LogP contribution in [0.15, 0.2) is 35.3 Å². The maximum absolute atomic E-state index is 5.51. The molecule has 0 radical (unpaired) electrons. The van der Waals surface area contributed by atoms with Crippen LogP contribution in [0.25, 0.3) is 0 Å². The van der Waals surface area contributed by atoms with Crippen molar-refractivity contribution in [2.24, 2.45) is 4.99 Å². The third kappa shape index (κ3) is 5.75. The average Bonchev–Trinajstić information content (AvgIpc) is 2.40. The van der Waals surface area contributed by atoms with Gasteiger partial charge in [0.05, 0.1) is 6.54 Å². The molecule has 0 saturated heterocycles. The van der Waals surface area contributed by atoms with E-state index in [9.17, 15) is 0 Å². The Labute approximate surface area is 116 Å². The molecule has 2 N–H and O–H groups in total. The lowest BCUT2D eigenvalue weighted by Gasteiger charge is -2.17. The van der Waals surface area contributed by atoms with Gasteiger partial charge in [0, 0.05) is 19.7 Å². The van der Waals surface area contributed by atoms with Gasteiger partial charge < -0.3 is 15.4 Å². The van der Waals surface area contributed by atoms with E-state index in [1.165, 1.54) is 0 Å². The Kier molecular flexibility index (Phi) is 6.97. The van der Waals surface area contributed by atoms with Crippen molar-refractivity contribution in [2.75, 3.05) is 20.2 Å². The predicted molar refractivity (Wildman–Crippen MR) is 80.4 cm³/mol. The van der Waals surface area contributed by atoms with E-state index in [1.807, 2.05) is 18.2 Å². The van der Waals surface area contributed by atoms with E-state index in [-0.39, 0.29) is 6.10 Å². The molecule has 106 valence electrons. The summed E-state index contributed by atoms with van der Waals surface area (Å²) in [5.41, 5.74) is 1.15. The highest BCUT2D eigenvalue weighted by Crippen LogP contribution is 2.16. The normalized spacial score (nSPS) is 13.4. The van der Waals surface area contributed by atoms with Crippen molar-refractivity contribution in [3.05, 3.63) is 35.9 Å². The summed E-state index contributed by atoms with van der Waals surface area (Å²) in [6.07, 6.45) is -0.0104. The minimum atomic E-state index is -0.0104. The zero-order chi connectivity index (χ0) is 14.1. The van der Waals surface area contributed by atoms with E-state index in [2.05, 4.69) is 48.5 Å². The zero-order valence-electron chi connectivity index (χ0n) is 12.3. The molecule has 0 aromatic heterocycles. The summed E-state index contributed by atoms with van der Waals surface area (Å²) < 4.78 is 5.51. The maximum Gasteiger partial charge on any atom is 0.191 e. The summed E-state index contributed by atoms with van der Waals surface area (Å²) in [6, 6.07) is 10.5. The van der Waals surface area contributed by atoms with Crippen molar-refractivity contribution in [2.45, 2.75) is 32.9 Å². The summed E-state index contributed by atoms with van der Waals surface area (Å²) in [7, 11) is 1.72. The number of methoxy groups -OCH3 is 1. The average molecular weight is 263 g/mol. The molecule has 0 fully saturated rings. The summed E-state index contributed by atoms with van der Waals surface area (Å²) in [6.45, 7) is 7.70. The molecule has 0 bridgehead atoms. The van der Waals surface area contributed by atoms with Gasteiger partial charge in [0.15, 0.2) is 5.96 Å². The summed E-state index contributed by atoms with van der Waals surface area (Å²) in [5.74, 6) is 0.829. The predicted octanol–water partition coefficient (Wildman–Crippen LogP) is 2.34. The van der Waals surface area contributed by atoms with E-state index in [4.69, 9.17) is 4.74 Å². The quantitative estimate of drug-likeness (QED) is 0.611. The second kappa shape index (κ2) is 8.53. The second-order valence-electron chi connectivity index (χ2n) is 4.65. The van der Waals surface area contributed by atoms with Crippen LogP contribution in [0.4, 0.5) is 0 Å².